The number of carbonyl (C=O) groups is 2. The number of hydrogen-bond donors (Lipinski definition) is 1. The van der Waals surface area contributed by atoms with Crippen molar-refractivity contribution in [3.8, 4) is 0 Å². The Hall–Kier alpha value is -2.25. The number of hydrogen-bond acceptors (Lipinski definition) is 10. The van der Waals surface area contributed by atoms with Crippen molar-refractivity contribution in [3.05, 3.63) is 28.4 Å². The number of carbonyl (C=O) groups excluding carboxylic acids is 2. The number of halogens is 2. The van der Waals surface area contributed by atoms with E-state index in [2.05, 4.69) is 18.8 Å². The van der Waals surface area contributed by atoms with Crippen LogP contribution >= 0.6 is 7.82 Å². The van der Waals surface area contributed by atoms with Crippen LogP contribution in [0, 0.1) is 0 Å². The predicted molar refractivity (Wildman–Crippen MR) is 188 cm³/mol. The molecule has 0 amide bonds. The van der Waals surface area contributed by atoms with Gasteiger partial charge < -0.3 is 19.1 Å². The summed E-state index contributed by atoms with van der Waals surface area (Å²) >= 11 is 0. The number of alkyl halides is 2. The fraction of sp³-hybridized carbons (Fsp3) is 0.833. The van der Waals surface area contributed by atoms with E-state index in [1.54, 1.807) is 20.8 Å². The summed E-state index contributed by atoms with van der Waals surface area (Å²) in [6, 6.07) is 1.21. The first-order chi connectivity index (χ1) is 24.1. The van der Waals surface area contributed by atoms with E-state index in [0.717, 1.165) is 76.8 Å². The summed E-state index contributed by atoms with van der Waals surface area (Å²) in [5, 5.41) is 0. The maximum atomic E-state index is 16.0. The molecule has 1 saturated heterocycles. The molecule has 1 aliphatic heterocycles. The van der Waals surface area contributed by atoms with Crippen molar-refractivity contribution in [3.63, 3.8) is 0 Å². The molecule has 0 radical (unpaired) electrons. The van der Waals surface area contributed by atoms with Crippen LogP contribution in [-0.4, -0.2) is 63.3 Å². The number of phosphoric acid groups is 1. The van der Waals surface area contributed by atoms with Gasteiger partial charge >= 0.3 is 31.4 Å². The topological polar surface area (TPSA) is 152 Å². The molecule has 1 aromatic rings. The van der Waals surface area contributed by atoms with Gasteiger partial charge in [-0.15, -0.1) is 0 Å². The summed E-state index contributed by atoms with van der Waals surface area (Å²) < 4.78 is 71.2. The molecule has 2 rings (SSSR count). The van der Waals surface area contributed by atoms with Crippen LogP contribution in [0.5, 0.6) is 0 Å². The molecule has 2 heterocycles. The van der Waals surface area contributed by atoms with Crippen LogP contribution in [0.25, 0.3) is 0 Å². The number of phosphoric ester groups is 1. The zero-order chi connectivity index (χ0) is 37.9. The molecule has 1 fully saturated rings. The summed E-state index contributed by atoms with van der Waals surface area (Å²) in [6.07, 6.45) is 9.90. The van der Waals surface area contributed by atoms with E-state index in [1.165, 1.54) is 25.3 Å². The third-order valence-corrected chi connectivity index (χ3v) is 9.37. The number of nitrogens with zero attached hydrogens (tertiary/aromatic N) is 2. The van der Waals surface area contributed by atoms with Crippen molar-refractivity contribution < 1.29 is 51.1 Å². The summed E-state index contributed by atoms with van der Waals surface area (Å²) in [6.45, 7) is 8.36. The number of ether oxygens (including phenoxy) is 3. The lowest BCUT2D eigenvalue weighted by Crippen LogP contribution is -2.44. The van der Waals surface area contributed by atoms with E-state index in [4.69, 9.17) is 23.3 Å². The molecular weight excluding hydrogens is 689 g/mol. The molecule has 51 heavy (non-hydrogen) atoms. The van der Waals surface area contributed by atoms with Crippen LogP contribution in [0.3, 0.4) is 0 Å². The molecule has 1 aliphatic rings. The SMILES string of the molecule is CCCCCCCCCCOP(=O)(O)OC[C@H]1O[C@@H](n2ccc(CC(=O)OC(C)(C)C)nc2=O)C(F)(F)[C@@H]1OC(=O)CCCCCCCCCC. The first kappa shape index (κ1) is 44.9. The van der Waals surface area contributed by atoms with E-state index < -0.39 is 62.0 Å². The lowest BCUT2D eigenvalue weighted by Gasteiger charge is -2.24. The quantitative estimate of drug-likeness (QED) is 0.0552. The minimum Gasteiger partial charge on any atom is -0.460 e. The van der Waals surface area contributed by atoms with Gasteiger partial charge in [-0.3, -0.25) is 23.2 Å². The molecule has 0 aliphatic carbocycles. The Morgan fingerprint density at radius 2 is 1.45 bits per heavy atom. The van der Waals surface area contributed by atoms with Gasteiger partial charge in [-0.25, -0.2) is 9.36 Å². The molecule has 294 valence electrons. The second-order valence-electron chi connectivity index (χ2n) is 14.3. The highest BCUT2D eigenvalue weighted by atomic mass is 31.2. The van der Waals surface area contributed by atoms with Crippen molar-refractivity contribution in [1.29, 1.82) is 0 Å². The standard InChI is InChI=1S/C36H61F2N2O10P/c1-6-8-10-12-14-16-18-20-22-30(41)49-32-29(27-47-51(44,45)46-25-21-19-17-15-13-11-9-7-2)48-33(36(32,37)38)40-24-23-28(39-34(40)43)26-31(42)50-35(3,4)5/h23-24,29,32-33H,6-22,25-27H2,1-5H3,(H,44,45)/t29-,32-,33-/m1/s1. The molecule has 1 N–H and O–H groups in total. The lowest BCUT2D eigenvalue weighted by molar-refractivity contribution is -0.176. The molecule has 0 spiro atoms. The molecule has 15 heteroatoms. The zero-order valence-corrected chi connectivity index (χ0v) is 32.1. The normalized spacial score (nSPS) is 19.9. The fourth-order valence-electron chi connectivity index (χ4n) is 5.72. The molecule has 12 nitrogen and oxygen atoms in total. The number of esters is 2. The smallest absolute Gasteiger partial charge is 0.460 e. The van der Waals surface area contributed by atoms with Crippen LogP contribution in [0.15, 0.2) is 17.1 Å². The number of rotatable bonds is 26. The van der Waals surface area contributed by atoms with Crippen LogP contribution in [0.2, 0.25) is 0 Å². The van der Waals surface area contributed by atoms with Gasteiger partial charge in [0.1, 0.15) is 11.7 Å². The average molecular weight is 751 g/mol. The minimum atomic E-state index is -4.68. The third kappa shape index (κ3) is 17.4. The van der Waals surface area contributed by atoms with E-state index in [9.17, 15) is 23.8 Å². The highest BCUT2D eigenvalue weighted by Gasteiger charge is 2.62. The van der Waals surface area contributed by atoms with Crippen molar-refractivity contribution in [2.24, 2.45) is 0 Å². The summed E-state index contributed by atoms with van der Waals surface area (Å²) in [5.41, 5.74) is -1.93. The van der Waals surface area contributed by atoms with Gasteiger partial charge in [0.2, 0.25) is 6.23 Å². The molecule has 0 bridgehead atoms. The molecule has 0 aromatic carbocycles. The van der Waals surface area contributed by atoms with Gasteiger partial charge in [-0.1, -0.05) is 104 Å². The monoisotopic (exact) mass is 750 g/mol. The first-order valence-corrected chi connectivity index (χ1v) is 20.2. The molecule has 1 aromatic heterocycles. The molecule has 4 atom stereocenters. The summed E-state index contributed by atoms with van der Waals surface area (Å²) in [4.78, 5) is 51.9. The van der Waals surface area contributed by atoms with Crippen LogP contribution < -0.4 is 5.69 Å². The zero-order valence-electron chi connectivity index (χ0n) is 31.2. The Morgan fingerprint density at radius 1 is 0.902 bits per heavy atom. The van der Waals surface area contributed by atoms with Crippen LogP contribution in [0.4, 0.5) is 8.78 Å². The Labute approximate surface area is 301 Å². The van der Waals surface area contributed by atoms with Crippen LogP contribution in [-0.2, 0) is 43.8 Å². The predicted octanol–water partition coefficient (Wildman–Crippen LogP) is 8.38. The Bertz CT molecular complexity index is 1290. The highest BCUT2D eigenvalue weighted by Crippen LogP contribution is 2.48. The van der Waals surface area contributed by atoms with Crippen molar-refractivity contribution >= 4 is 19.8 Å². The maximum Gasteiger partial charge on any atom is 0.472 e. The van der Waals surface area contributed by atoms with E-state index >= 15 is 8.78 Å². The van der Waals surface area contributed by atoms with E-state index in [-0.39, 0.29) is 25.1 Å². The Kier molecular flexibility index (Phi) is 20.0. The maximum absolute atomic E-state index is 16.0. The van der Waals surface area contributed by atoms with Gasteiger partial charge in [0.25, 0.3) is 0 Å². The van der Waals surface area contributed by atoms with Crippen LogP contribution in [0.1, 0.15) is 156 Å². The molecular formula is C36H61F2N2O10P. The van der Waals surface area contributed by atoms with Crippen molar-refractivity contribution in [2.75, 3.05) is 13.2 Å². The number of unbranched alkanes of at least 4 members (excludes halogenated alkanes) is 14. The van der Waals surface area contributed by atoms with Gasteiger partial charge in [0.15, 0.2) is 6.10 Å². The minimum absolute atomic E-state index is 0.00472. The molecule has 0 saturated carbocycles. The van der Waals surface area contributed by atoms with E-state index in [1.807, 2.05) is 0 Å². The van der Waals surface area contributed by atoms with Gasteiger partial charge in [-0.05, 0) is 39.7 Å². The van der Waals surface area contributed by atoms with Gasteiger partial charge in [0, 0.05) is 12.6 Å². The second-order valence-corrected chi connectivity index (χ2v) is 15.7. The highest BCUT2D eigenvalue weighted by molar-refractivity contribution is 7.47. The molecule has 1 unspecified atom stereocenters. The van der Waals surface area contributed by atoms with Gasteiger partial charge in [0.05, 0.1) is 25.3 Å². The van der Waals surface area contributed by atoms with E-state index in [0.29, 0.717) is 17.4 Å². The lowest BCUT2D eigenvalue weighted by atomic mass is 10.1. The largest absolute Gasteiger partial charge is 0.472 e. The third-order valence-electron chi connectivity index (χ3n) is 8.38. The van der Waals surface area contributed by atoms with Crippen molar-refractivity contribution in [1.82, 2.24) is 9.55 Å². The Balaban J connectivity index is 2.08. The summed E-state index contributed by atoms with van der Waals surface area (Å²) in [5.74, 6) is -5.52. The first-order valence-electron chi connectivity index (χ1n) is 18.7. The fourth-order valence-corrected chi connectivity index (χ4v) is 6.49. The summed E-state index contributed by atoms with van der Waals surface area (Å²) in [7, 11) is -4.68. The number of aromatic nitrogens is 2. The second kappa shape index (κ2) is 22.7. The van der Waals surface area contributed by atoms with Crippen molar-refractivity contribution in [2.45, 2.75) is 180 Å². The average Bonchev–Trinajstić information content (AvgIpc) is 3.28. The van der Waals surface area contributed by atoms with Gasteiger partial charge in [-0.2, -0.15) is 13.8 Å². The Morgan fingerprint density at radius 3 is 2.00 bits per heavy atom.